The third-order valence-corrected chi connectivity index (χ3v) is 7.74. The third kappa shape index (κ3) is 5.31. The fourth-order valence-corrected chi connectivity index (χ4v) is 5.68. The van der Waals surface area contributed by atoms with Crippen molar-refractivity contribution in [1.82, 2.24) is 4.90 Å². The molecular weight excluding hydrogens is 448 g/mol. The number of likely N-dealkylation sites (tertiary alicyclic amines) is 1. The normalized spacial score (nSPS) is 17.9. The fraction of sp³-hybridized carbons (Fsp3) is 0.500. The molecule has 0 saturated carbocycles. The number of Topliss-reactive ketones (excluding diaryl/α,β-unsaturated/α-hetero) is 1. The SMILES string of the molecule is COc1ccc(CCN2CCC(CCC(=O)c3cc4c5c(c3)CCN5C(=O)CC4)CC2)cc1.Cl. The number of benzene rings is 2. The summed E-state index contributed by atoms with van der Waals surface area (Å²) in [7, 11) is 1.70. The standard InChI is InChI=1S/C28H34N2O3.ClH/c1-33-25-6-2-20(3-7-25)10-14-29-15-11-21(12-16-29)4-8-26(31)24-18-22-5-9-27(32)30-17-13-23(19-24)28(22)30;/h2-3,6-7,18-19,21H,4-5,8-17H2,1H3;1H. The number of aryl methyl sites for hydroxylation is 1. The van der Waals surface area contributed by atoms with Crippen molar-refractivity contribution in [2.75, 3.05) is 38.2 Å². The Morgan fingerprint density at radius 2 is 1.71 bits per heavy atom. The Labute approximate surface area is 208 Å². The molecule has 0 N–H and O–H groups in total. The van der Waals surface area contributed by atoms with Crippen molar-refractivity contribution in [3.05, 3.63) is 58.7 Å². The Bertz CT molecular complexity index is 1030. The first-order chi connectivity index (χ1) is 16.1. The summed E-state index contributed by atoms with van der Waals surface area (Å²) in [6.07, 6.45) is 7.28. The predicted molar refractivity (Wildman–Crippen MR) is 137 cm³/mol. The Hall–Kier alpha value is -2.37. The molecule has 0 radical (unpaired) electrons. The first-order valence-corrected chi connectivity index (χ1v) is 12.5. The number of hydrogen-bond acceptors (Lipinski definition) is 4. The quantitative estimate of drug-likeness (QED) is 0.504. The van der Waals surface area contributed by atoms with Crippen LogP contribution in [0.3, 0.4) is 0 Å². The lowest BCUT2D eigenvalue weighted by Gasteiger charge is -2.32. The molecule has 2 aromatic carbocycles. The molecule has 3 aliphatic rings. The lowest BCUT2D eigenvalue weighted by atomic mass is 9.89. The highest BCUT2D eigenvalue weighted by atomic mass is 35.5. The topological polar surface area (TPSA) is 49.9 Å². The molecule has 34 heavy (non-hydrogen) atoms. The van der Waals surface area contributed by atoms with Crippen molar-refractivity contribution < 1.29 is 14.3 Å². The number of nitrogens with zero attached hydrogens (tertiary/aromatic N) is 2. The number of ketones is 1. The van der Waals surface area contributed by atoms with Crippen molar-refractivity contribution in [3.8, 4) is 5.75 Å². The monoisotopic (exact) mass is 482 g/mol. The van der Waals surface area contributed by atoms with E-state index in [-0.39, 0.29) is 24.1 Å². The maximum Gasteiger partial charge on any atom is 0.227 e. The molecule has 3 heterocycles. The van der Waals surface area contributed by atoms with E-state index < -0.39 is 0 Å². The molecule has 3 aliphatic heterocycles. The van der Waals surface area contributed by atoms with Crippen LogP contribution in [0.15, 0.2) is 36.4 Å². The Balaban J connectivity index is 0.00000274. The van der Waals surface area contributed by atoms with Crippen LogP contribution in [0.2, 0.25) is 0 Å². The van der Waals surface area contributed by atoms with Crippen molar-refractivity contribution in [2.24, 2.45) is 5.92 Å². The number of halogens is 1. The largest absolute Gasteiger partial charge is 0.497 e. The molecule has 0 aliphatic carbocycles. The van der Waals surface area contributed by atoms with E-state index in [2.05, 4.69) is 29.2 Å². The molecule has 0 unspecified atom stereocenters. The highest BCUT2D eigenvalue weighted by Crippen LogP contribution is 2.38. The van der Waals surface area contributed by atoms with Crippen LogP contribution in [0.1, 0.15) is 59.2 Å². The van der Waals surface area contributed by atoms with Crippen molar-refractivity contribution in [2.45, 2.75) is 51.4 Å². The second kappa shape index (κ2) is 10.9. The summed E-state index contributed by atoms with van der Waals surface area (Å²) in [5.41, 5.74) is 5.69. The predicted octanol–water partition coefficient (Wildman–Crippen LogP) is 4.87. The Morgan fingerprint density at radius 3 is 2.41 bits per heavy atom. The summed E-state index contributed by atoms with van der Waals surface area (Å²) in [6.45, 7) is 4.12. The fourth-order valence-electron chi connectivity index (χ4n) is 5.68. The third-order valence-electron chi connectivity index (χ3n) is 7.74. The maximum absolute atomic E-state index is 13.0. The van der Waals surface area contributed by atoms with Gasteiger partial charge < -0.3 is 14.5 Å². The van der Waals surface area contributed by atoms with Crippen LogP contribution >= 0.6 is 12.4 Å². The van der Waals surface area contributed by atoms with Crippen LogP contribution in [0.4, 0.5) is 5.69 Å². The minimum atomic E-state index is 0. The molecule has 0 spiro atoms. The zero-order valence-electron chi connectivity index (χ0n) is 20.1. The highest BCUT2D eigenvalue weighted by Gasteiger charge is 2.32. The van der Waals surface area contributed by atoms with Crippen molar-refractivity contribution in [1.29, 1.82) is 0 Å². The second-order valence-electron chi connectivity index (χ2n) is 9.78. The van der Waals surface area contributed by atoms with Gasteiger partial charge >= 0.3 is 0 Å². The molecule has 0 bridgehead atoms. The maximum atomic E-state index is 13.0. The lowest BCUT2D eigenvalue weighted by Crippen LogP contribution is -2.35. The number of hydrogen-bond donors (Lipinski definition) is 0. The minimum absolute atomic E-state index is 0. The van der Waals surface area contributed by atoms with Gasteiger partial charge in [-0.05, 0) is 98.5 Å². The van der Waals surface area contributed by atoms with Crippen LogP contribution in [0.25, 0.3) is 0 Å². The smallest absolute Gasteiger partial charge is 0.227 e. The zero-order chi connectivity index (χ0) is 22.8. The van der Waals surface area contributed by atoms with Gasteiger partial charge in [0.15, 0.2) is 5.78 Å². The first-order valence-electron chi connectivity index (χ1n) is 12.5. The molecule has 182 valence electrons. The molecule has 2 aromatic rings. The van der Waals surface area contributed by atoms with Gasteiger partial charge in [-0.2, -0.15) is 0 Å². The van der Waals surface area contributed by atoms with Gasteiger partial charge in [0.2, 0.25) is 5.91 Å². The summed E-state index contributed by atoms with van der Waals surface area (Å²) in [5, 5.41) is 0. The number of ether oxygens (including phenoxy) is 1. The van der Waals surface area contributed by atoms with Gasteiger partial charge in [0.05, 0.1) is 12.8 Å². The van der Waals surface area contributed by atoms with E-state index in [1.807, 2.05) is 17.0 Å². The second-order valence-corrected chi connectivity index (χ2v) is 9.78. The molecule has 6 heteroatoms. The van der Waals surface area contributed by atoms with E-state index in [1.165, 1.54) is 29.5 Å². The molecule has 0 atom stereocenters. The summed E-state index contributed by atoms with van der Waals surface area (Å²) >= 11 is 0. The van der Waals surface area contributed by atoms with Crippen LogP contribution in [0, 0.1) is 5.92 Å². The van der Waals surface area contributed by atoms with Gasteiger partial charge in [0.1, 0.15) is 5.75 Å². The molecule has 1 saturated heterocycles. The van der Waals surface area contributed by atoms with E-state index in [9.17, 15) is 9.59 Å². The van der Waals surface area contributed by atoms with Gasteiger partial charge in [0.25, 0.3) is 0 Å². The van der Waals surface area contributed by atoms with Gasteiger partial charge in [0, 0.05) is 31.5 Å². The van der Waals surface area contributed by atoms with Crippen molar-refractivity contribution in [3.63, 3.8) is 0 Å². The highest BCUT2D eigenvalue weighted by molar-refractivity contribution is 6.02. The lowest BCUT2D eigenvalue weighted by molar-refractivity contribution is -0.118. The average molecular weight is 483 g/mol. The zero-order valence-corrected chi connectivity index (χ0v) is 20.9. The van der Waals surface area contributed by atoms with Gasteiger partial charge in [-0.25, -0.2) is 0 Å². The summed E-state index contributed by atoms with van der Waals surface area (Å²) < 4.78 is 5.24. The molecular formula is C28H35ClN2O3. The Kier molecular flexibility index (Phi) is 7.95. The van der Waals surface area contributed by atoms with Gasteiger partial charge in [-0.3, -0.25) is 9.59 Å². The molecule has 1 fully saturated rings. The van der Waals surface area contributed by atoms with Gasteiger partial charge in [-0.15, -0.1) is 12.4 Å². The number of carbonyl (C=O) groups is 2. The minimum Gasteiger partial charge on any atom is -0.497 e. The van der Waals surface area contributed by atoms with E-state index >= 15 is 0 Å². The van der Waals surface area contributed by atoms with Crippen LogP contribution in [-0.2, 0) is 24.1 Å². The van der Waals surface area contributed by atoms with E-state index in [4.69, 9.17) is 4.74 Å². The van der Waals surface area contributed by atoms with Crippen molar-refractivity contribution >= 4 is 29.8 Å². The van der Waals surface area contributed by atoms with E-state index in [0.717, 1.165) is 68.9 Å². The van der Waals surface area contributed by atoms with E-state index in [0.29, 0.717) is 18.8 Å². The van der Waals surface area contributed by atoms with Gasteiger partial charge in [-0.1, -0.05) is 12.1 Å². The van der Waals surface area contributed by atoms with E-state index in [1.54, 1.807) is 7.11 Å². The van der Waals surface area contributed by atoms with Crippen LogP contribution in [-0.4, -0.2) is 49.9 Å². The Morgan fingerprint density at radius 1 is 1.00 bits per heavy atom. The number of carbonyl (C=O) groups excluding carboxylic acids is 2. The summed E-state index contributed by atoms with van der Waals surface area (Å²) in [6, 6.07) is 12.5. The number of amides is 1. The van der Waals surface area contributed by atoms with Crippen LogP contribution < -0.4 is 9.64 Å². The summed E-state index contributed by atoms with van der Waals surface area (Å²) in [5.74, 6) is 2.06. The number of methoxy groups -OCH3 is 1. The number of anilines is 1. The summed E-state index contributed by atoms with van der Waals surface area (Å²) in [4.78, 5) is 29.6. The molecule has 1 amide bonds. The average Bonchev–Trinajstić information content (AvgIpc) is 3.30. The molecule has 5 nitrogen and oxygen atoms in total. The number of rotatable bonds is 8. The molecule has 0 aromatic heterocycles. The van der Waals surface area contributed by atoms with Crippen LogP contribution in [0.5, 0.6) is 5.75 Å². The first kappa shape index (κ1) is 24.7. The number of piperidine rings is 1. The molecule has 5 rings (SSSR count).